The predicted octanol–water partition coefficient (Wildman–Crippen LogP) is 4.52. The summed E-state index contributed by atoms with van der Waals surface area (Å²) in [5, 5.41) is 9.64. The number of hydrogen-bond acceptors (Lipinski definition) is 6. The van der Waals surface area contributed by atoms with Gasteiger partial charge in [0, 0.05) is 5.69 Å². The normalized spacial score (nSPS) is 11.7. The van der Waals surface area contributed by atoms with Crippen molar-refractivity contribution in [3.63, 3.8) is 0 Å². The van der Waals surface area contributed by atoms with Gasteiger partial charge in [-0.3, -0.25) is 9.59 Å². The Morgan fingerprint density at radius 1 is 1.13 bits per heavy atom. The molecule has 3 aromatic rings. The van der Waals surface area contributed by atoms with Crippen LogP contribution in [0.4, 0.5) is 5.69 Å². The molecule has 0 aliphatic heterocycles. The Balaban J connectivity index is 1.55. The van der Waals surface area contributed by atoms with E-state index < -0.39 is 5.25 Å². The fourth-order valence-corrected chi connectivity index (χ4v) is 5.28. The van der Waals surface area contributed by atoms with Crippen molar-refractivity contribution in [1.29, 1.82) is 0 Å². The zero-order valence-electron chi connectivity index (χ0n) is 16.8. The van der Waals surface area contributed by atoms with Gasteiger partial charge in [0.2, 0.25) is 11.8 Å². The van der Waals surface area contributed by atoms with Crippen molar-refractivity contribution < 1.29 is 9.59 Å². The smallest absolute Gasteiger partial charge is 0.243 e. The van der Waals surface area contributed by atoms with E-state index in [-0.39, 0.29) is 18.4 Å². The SMILES string of the molecule is Cc1cccc(C)c1NC(=O)CNC(=O)C(C)Sc1nn(-c2ccccc2)c(=S)s1. The summed E-state index contributed by atoms with van der Waals surface area (Å²) in [6.45, 7) is 5.55. The van der Waals surface area contributed by atoms with Crippen LogP contribution in [-0.4, -0.2) is 33.4 Å². The van der Waals surface area contributed by atoms with E-state index in [1.54, 1.807) is 11.6 Å². The number of para-hydroxylation sites is 2. The molecule has 156 valence electrons. The van der Waals surface area contributed by atoms with Crippen LogP contribution in [0.3, 0.4) is 0 Å². The summed E-state index contributed by atoms with van der Waals surface area (Å²) in [6, 6.07) is 15.4. The second kappa shape index (κ2) is 10.0. The highest BCUT2D eigenvalue weighted by atomic mass is 32.2. The standard InChI is InChI=1S/C21H22N4O2S3/c1-13-8-7-9-14(2)18(13)23-17(26)12-22-19(27)15(3)29-20-24-25(21(28)30-20)16-10-5-4-6-11-16/h4-11,15H,12H2,1-3H3,(H,22,27)(H,23,26). The lowest BCUT2D eigenvalue weighted by molar-refractivity contribution is -0.123. The number of hydrogen-bond donors (Lipinski definition) is 2. The molecule has 0 saturated heterocycles. The molecule has 2 amide bonds. The molecule has 0 saturated carbocycles. The fraction of sp³-hybridized carbons (Fsp3) is 0.238. The molecular formula is C21H22N4O2S3. The summed E-state index contributed by atoms with van der Waals surface area (Å²) in [4.78, 5) is 24.7. The summed E-state index contributed by atoms with van der Waals surface area (Å²) < 4.78 is 3.00. The van der Waals surface area contributed by atoms with Gasteiger partial charge < -0.3 is 10.6 Å². The molecule has 0 radical (unpaired) electrons. The van der Waals surface area contributed by atoms with E-state index in [9.17, 15) is 9.59 Å². The summed E-state index contributed by atoms with van der Waals surface area (Å²) in [7, 11) is 0. The topological polar surface area (TPSA) is 76.0 Å². The lowest BCUT2D eigenvalue weighted by Crippen LogP contribution is -2.37. The van der Waals surface area contributed by atoms with Gasteiger partial charge in [-0.05, 0) is 56.2 Å². The van der Waals surface area contributed by atoms with Gasteiger partial charge in [-0.15, -0.1) is 5.10 Å². The van der Waals surface area contributed by atoms with Crippen molar-refractivity contribution in [2.45, 2.75) is 30.4 Å². The fourth-order valence-electron chi connectivity index (χ4n) is 2.75. The molecule has 3 rings (SSSR count). The van der Waals surface area contributed by atoms with Crippen LogP contribution in [0, 0.1) is 17.8 Å². The van der Waals surface area contributed by atoms with Gasteiger partial charge >= 0.3 is 0 Å². The van der Waals surface area contributed by atoms with Gasteiger partial charge in [-0.1, -0.05) is 59.5 Å². The Morgan fingerprint density at radius 2 is 1.80 bits per heavy atom. The van der Waals surface area contributed by atoms with Gasteiger partial charge in [0.05, 0.1) is 17.5 Å². The number of carbonyl (C=O) groups excluding carboxylic acids is 2. The molecule has 1 heterocycles. The number of benzene rings is 2. The number of thioether (sulfide) groups is 1. The van der Waals surface area contributed by atoms with Crippen LogP contribution in [0.15, 0.2) is 52.9 Å². The van der Waals surface area contributed by atoms with E-state index in [4.69, 9.17) is 12.2 Å². The van der Waals surface area contributed by atoms with E-state index in [2.05, 4.69) is 15.7 Å². The maximum absolute atomic E-state index is 12.4. The Morgan fingerprint density at radius 3 is 2.47 bits per heavy atom. The number of anilines is 1. The van der Waals surface area contributed by atoms with Crippen LogP contribution in [0.1, 0.15) is 18.1 Å². The van der Waals surface area contributed by atoms with Crippen LogP contribution in [-0.2, 0) is 9.59 Å². The molecule has 0 aliphatic rings. The Hall–Kier alpha value is -2.49. The van der Waals surface area contributed by atoms with Crippen molar-refractivity contribution in [1.82, 2.24) is 15.1 Å². The van der Waals surface area contributed by atoms with Crippen LogP contribution >= 0.6 is 35.3 Å². The molecule has 30 heavy (non-hydrogen) atoms. The van der Waals surface area contributed by atoms with Gasteiger partial charge in [0.1, 0.15) is 0 Å². The van der Waals surface area contributed by atoms with Crippen LogP contribution < -0.4 is 10.6 Å². The molecule has 0 spiro atoms. The largest absolute Gasteiger partial charge is 0.346 e. The highest BCUT2D eigenvalue weighted by Crippen LogP contribution is 2.27. The molecule has 9 heteroatoms. The minimum absolute atomic E-state index is 0.0916. The van der Waals surface area contributed by atoms with Crippen molar-refractivity contribution in [3.05, 3.63) is 63.6 Å². The number of carbonyl (C=O) groups is 2. The van der Waals surface area contributed by atoms with Gasteiger partial charge in [-0.25, -0.2) is 4.68 Å². The highest BCUT2D eigenvalue weighted by molar-refractivity contribution is 8.02. The maximum atomic E-state index is 12.4. The lowest BCUT2D eigenvalue weighted by atomic mass is 10.1. The first kappa shape index (κ1) is 22.2. The van der Waals surface area contributed by atoms with Crippen molar-refractivity contribution in [2.75, 3.05) is 11.9 Å². The number of aryl methyl sites for hydroxylation is 2. The zero-order valence-corrected chi connectivity index (χ0v) is 19.3. The summed E-state index contributed by atoms with van der Waals surface area (Å²) in [5.74, 6) is -0.494. The average Bonchev–Trinajstić information content (AvgIpc) is 3.09. The monoisotopic (exact) mass is 458 g/mol. The number of rotatable bonds is 7. The third-order valence-corrected chi connectivity index (χ3v) is 6.76. The summed E-state index contributed by atoms with van der Waals surface area (Å²) in [5.41, 5.74) is 3.62. The molecule has 2 N–H and O–H groups in total. The molecule has 1 unspecified atom stereocenters. The molecule has 0 aliphatic carbocycles. The number of amides is 2. The molecule has 0 bridgehead atoms. The van der Waals surface area contributed by atoms with Crippen molar-refractivity contribution in [3.8, 4) is 5.69 Å². The molecule has 1 aromatic heterocycles. The van der Waals surface area contributed by atoms with Crippen LogP contribution in [0.2, 0.25) is 0 Å². The first-order chi connectivity index (χ1) is 14.3. The molecule has 6 nitrogen and oxygen atoms in total. The Kier molecular flexibility index (Phi) is 7.41. The lowest BCUT2D eigenvalue weighted by Gasteiger charge is -2.13. The second-order valence-electron chi connectivity index (χ2n) is 6.67. The Labute approximate surface area is 188 Å². The van der Waals surface area contributed by atoms with E-state index in [1.165, 1.54) is 23.1 Å². The van der Waals surface area contributed by atoms with Crippen LogP contribution in [0.25, 0.3) is 5.69 Å². The molecule has 1 atom stereocenters. The quantitative estimate of drug-likeness (QED) is 0.402. The summed E-state index contributed by atoms with van der Waals surface area (Å²) in [6.07, 6.45) is 0. The molecule has 0 fully saturated rings. The second-order valence-corrected chi connectivity index (χ2v) is 9.88. The van der Waals surface area contributed by atoms with Crippen molar-refractivity contribution >= 4 is 52.8 Å². The first-order valence-corrected chi connectivity index (χ1v) is 11.4. The van der Waals surface area contributed by atoms with Gasteiger partial charge in [0.25, 0.3) is 0 Å². The van der Waals surface area contributed by atoms with Gasteiger partial charge in [0.15, 0.2) is 8.29 Å². The number of nitrogens with zero attached hydrogens (tertiary/aromatic N) is 2. The first-order valence-electron chi connectivity index (χ1n) is 9.31. The van der Waals surface area contributed by atoms with E-state index >= 15 is 0 Å². The van der Waals surface area contributed by atoms with E-state index in [0.29, 0.717) is 8.29 Å². The maximum Gasteiger partial charge on any atom is 0.243 e. The third-order valence-electron chi connectivity index (χ3n) is 4.35. The van der Waals surface area contributed by atoms with Crippen molar-refractivity contribution in [2.24, 2.45) is 0 Å². The van der Waals surface area contributed by atoms with Crippen LogP contribution in [0.5, 0.6) is 0 Å². The minimum atomic E-state index is -0.414. The third kappa shape index (κ3) is 5.56. The average molecular weight is 459 g/mol. The van der Waals surface area contributed by atoms with E-state index in [1.807, 2.05) is 62.4 Å². The zero-order chi connectivity index (χ0) is 21.7. The van der Waals surface area contributed by atoms with Gasteiger partial charge in [-0.2, -0.15) is 0 Å². The Bertz CT molecular complexity index is 1090. The minimum Gasteiger partial charge on any atom is -0.346 e. The highest BCUT2D eigenvalue weighted by Gasteiger charge is 2.18. The number of nitrogens with one attached hydrogen (secondary N) is 2. The van der Waals surface area contributed by atoms with E-state index in [0.717, 1.165) is 22.5 Å². The molecule has 2 aromatic carbocycles. The number of aromatic nitrogens is 2. The predicted molar refractivity (Wildman–Crippen MR) is 125 cm³/mol. The summed E-state index contributed by atoms with van der Waals surface area (Å²) >= 11 is 8.07. The molecular weight excluding hydrogens is 436 g/mol.